The standard InChI is InChI=1S/C24H26F2O4/c1-24(2,13-7-6-10-23(27)29-15-14-25)18-28-17-19-11-12-21(26)22(16-19)30-20-8-4-3-5-9-20/h3-13,16H,14-15,17-18H2,1-2H3. The van der Waals surface area contributed by atoms with Crippen molar-refractivity contribution in [1.82, 2.24) is 0 Å². The summed E-state index contributed by atoms with van der Waals surface area (Å²) < 4.78 is 41.9. The summed E-state index contributed by atoms with van der Waals surface area (Å²) in [4.78, 5) is 11.3. The van der Waals surface area contributed by atoms with Crippen LogP contribution < -0.4 is 4.74 Å². The summed E-state index contributed by atoms with van der Waals surface area (Å²) in [6.07, 6.45) is 6.37. The minimum Gasteiger partial charge on any atom is -0.460 e. The molecule has 2 aromatic carbocycles. The Kier molecular flexibility index (Phi) is 9.22. The van der Waals surface area contributed by atoms with Crippen molar-refractivity contribution in [3.63, 3.8) is 0 Å². The van der Waals surface area contributed by atoms with E-state index in [1.807, 2.05) is 38.1 Å². The molecule has 160 valence electrons. The molecule has 0 fully saturated rings. The highest BCUT2D eigenvalue weighted by Gasteiger charge is 2.14. The normalized spacial score (nSPS) is 11.9. The molecule has 0 spiro atoms. The highest BCUT2D eigenvalue weighted by molar-refractivity contribution is 5.82. The summed E-state index contributed by atoms with van der Waals surface area (Å²) in [6, 6.07) is 13.6. The fourth-order valence-electron chi connectivity index (χ4n) is 2.45. The fraction of sp³-hybridized carbons (Fsp3) is 0.292. The van der Waals surface area contributed by atoms with Crippen molar-refractivity contribution in [3.8, 4) is 11.5 Å². The molecule has 4 nitrogen and oxygen atoms in total. The average Bonchev–Trinajstić information content (AvgIpc) is 2.72. The molecule has 0 unspecified atom stereocenters. The lowest BCUT2D eigenvalue weighted by molar-refractivity contribution is -0.138. The predicted molar refractivity (Wildman–Crippen MR) is 112 cm³/mol. The second kappa shape index (κ2) is 11.9. The highest BCUT2D eigenvalue weighted by Crippen LogP contribution is 2.26. The third-order valence-corrected chi connectivity index (χ3v) is 3.92. The van der Waals surface area contributed by atoms with E-state index < -0.39 is 18.5 Å². The summed E-state index contributed by atoms with van der Waals surface area (Å²) in [5.41, 5.74) is 0.494. The van der Waals surface area contributed by atoms with Crippen LogP contribution in [0, 0.1) is 11.2 Å². The van der Waals surface area contributed by atoms with Crippen molar-refractivity contribution in [2.24, 2.45) is 5.41 Å². The average molecular weight is 416 g/mol. The number of para-hydroxylation sites is 1. The number of rotatable bonds is 11. The number of ether oxygens (including phenoxy) is 3. The zero-order valence-electron chi connectivity index (χ0n) is 17.1. The van der Waals surface area contributed by atoms with Gasteiger partial charge in [0.1, 0.15) is 19.0 Å². The first-order valence-corrected chi connectivity index (χ1v) is 9.57. The molecule has 0 saturated heterocycles. The zero-order valence-corrected chi connectivity index (χ0v) is 17.1. The molecule has 0 aliphatic carbocycles. The first-order valence-electron chi connectivity index (χ1n) is 9.57. The topological polar surface area (TPSA) is 44.8 Å². The van der Waals surface area contributed by atoms with Gasteiger partial charge in [-0.1, -0.05) is 56.3 Å². The van der Waals surface area contributed by atoms with E-state index in [1.54, 1.807) is 30.3 Å². The molecule has 0 amide bonds. The third-order valence-electron chi connectivity index (χ3n) is 3.92. The monoisotopic (exact) mass is 416 g/mol. The Morgan fingerprint density at radius 1 is 1.10 bits per heavy atom. The number of halogens is 2. The van der Waals surface area contributed by atoms with E-state index in [-0.39, 0.29) is 17.8 Å². The second-order valence-electron chi connectivity index (χ2n) is 7.24. The summed E-state index contributed by atoms with van der Waals surface area (Å²) >= 11 is 0. The van der Waals surface area contributed by atoms with Gasteiger partial charge >= 0.3 is 5.97 Å². The Hall–Kier alpha value is -2.99. The highest BCUT2D eigenvalue weighted by atomic mass is 19.1. The van der Waals surface area contributed by atoms with Gasteiger partial charge in [-0.2, -0.15) is 0 Å². The molecule has 0 saturated carbocycles. The molecule has 0 atom stereocenters. The van der Waals surface area contributed by atoms with Crippen LogP contribution in [-0.4, -0.2) is 25.9 Å². The van der Waals surface area contributed by atoms with Gasteiger partial charge in [-0.25, -0.2) is 13.6 Å². The summed E-state index contributed by atoms with van der Waals surface area (Å²) in [5.74, 6) is -0.326. The minimum absolute atomic E-state index is 0.145. The fourth-order valence-corrected chi connectivity index (χ4v) is 2.45. The SMILES string of the molecule is CC(C)(C=CC=CC(=O)OCCF)COCc1ccc(F)c(Oc2ccccc2)c1. The maximum absolute atomic E-state index is 14.0. The van der Waals surface area contributed by atoms with Crippen LogP contribution in [0.15, 0.2) is 72.8 Å². The lowest BCUT2D eigenvalue weighted by atomic mass is 9.94. The van der Waals surface area contributed by atoms with Gasteiger partial charge in [-0.05, 0) is 29.8 Å². The van der Waals surface area contributed by atoms with Crippen LogP contribution in [0.1, 0.15) is 19.4 Å². The lowest BCUT2D eigenvalue weighted by Crippen LogP contribution is -2.16. The number of hydrogen-bond acceptors (Lipinski definition) is 4. The number of esters is 1. The summed E-state index contributed by atoms with van der Waals surface area (Å²) in [7, 11) is 0. The predicted octanol–water partition coefficient (Wildman–Crippen LogP) is 5.79. The number of carbonyl (C=O) groups excluding carboxylic acids is 1. The Balaban J connectivity index is 1.85. The molecule has 0 heterocycles. The van der Waals surface area contributed by atoms with Gasteiger partial charge in [0.15, 0.2) is 11.6 Å². The molecule has 0 N–H and O–H groups in total. The van der Waals surface area contributed by atoms with Crippen molar-refractivity contribution in [1.29, 1.82) is 0 Å². The smallest absolute Gasteiger partial charge is 0.330 e. The van der Waals surface area contributed by atoms with Crippen LogP contribution in [0.3, 0.4) is 0 Å². The van der Waals surface area contributed by atoms with Crippen LogP contribution in [0.5, 0.6) is 11.5 Å². The van der Waals surface area contributed by atoms with Crippen LogP contribution in [0.25, 0.3) is 0 Å². The van der Waals surface area contributed by atoms with Crippen molar-refractivity contribution >= 4 is 5.97 Å². The number of allylic oxidation sites excluding steroid dienone is 2. The van der Waals surface area contributed by atoms with Crippen LogP contribution >= 0.6 is 0 Å². The number of alkyl halides is 1. The maximum atomic E-state index is 14.0. The van der Waals surface area contributed by atoms with Crippen molar-refractivity contribution in [2.45, 2.75) is 20.5 Å². The van der Waals surface area contributed by atoms with Crippen molar-refractivity contribution in [2.75, 3.05) is 19.9 Å². The molecule has 0 aliphatic rings. The van der Waals surface area contributed by atoms with Gasteiger partial charge in [-0.3, -0.25) is 0 Å². The van der Waals surface area contributed by atoms with Crippen LogP contribution in [0.2, 0.25) is 0 Å². The van der Waals surface area contributed by atoms with Crippen LogP contribution in [0.4, 0.5) is 8.78 Å². The third kappa shape index (κ3) is 8.57. The van der Waals surface area contributed by atoms with Gasteiger partial charge in [0, 0.05) is 11.5 Å². The van der Waals surface area contributed by atoms with E-state index in [1.165, 1.54) is 18.2 Å². The number of hydrogen-bond donors (Lipinski definition) is 0. The van der Waals surface area contributed by atoms with Crippen LogP contribution in [-0.2, 0) is 20.9 Å². The molecular formula is C24H26F2O4. The van der Waals surface area contributed by atoms with Crippen molar-refractivity contribution in [3.05, 3.63) is 84.2 Å². The van der Waals surface area contributed by atoms with E-state index in [0.717, 1.165) is 5.56 Å². The van der Waals surface area contributed by atoms with E-state index in [0.29, 0.717) is 19.0 Å². The molecule has 0 bridgehead atoms. The Morgan fingerprint density at radius 2 is 1.87 bits per heavy atom. The van der Waals surface area contributed by atoms with E-state index >= 15 is 0 Å². The maximum Gasteiger partial charge on any atom is 0.330 e. The molecular weight excluding hydrogens is 390 g/mol. The van der Waals surface area contributed by atoms with Gasteiger partial charge in [0.05, 0.1) is 13.2 Å². The summed E-state index contributed by atoms with van der Waals surface area (Å²) in [6.45, 7) is 3.73. The van der Waals surface area contributed by atoms with Crippen molar-refractivity contribution < 1.29 is 27.8 Å². The molecule has 30 heavy (non-hydrogen) atoms. The molecule has 6 heteroatoms. The quantitative estimate of drug-likeness (QED) is 0.264. The Labute approximate surface area is 175 Å². The molecule has 0 radical (unpaired) electrons. The van der Waals surface area contributed by atoms with Gasteiger partial charge in [0.2, 0.25) is 0 Å². The van der Waals surface area contributed by atoms with E-state index in [9.17, 15) is 13.6 Å². The second-order valence-corrected chi connectivity index (χ2v) is 7.24. The first-order chi connectivity index (χ1) is 14.4. The Morgan fingerprint density at radius 3 is 2.60 bits per heavy atom. The van der Waals surface area contributed by atoms with E-state index in [4.69, 9.17) is 9.47 Å². The first kappa shape index (κ1) is 23.3. The lowest BCUT2D eigenvalue weighted by Gasteiger charge is -2.20. The van der Waals surface area contributed by atoms with E-state index in [2.05, 4.69) is 4.74 Å². The van der Waals surface area contributed by atoms with Gasteiger partial charge in [-0.15, -0.1) is 0 Å². The number of carbonyl (C=O) groups is 1. The number of benzene rings is 2. The molecule has 0 aliphatic heterocycles. The zero-order chi connectivity index (χ0) is 21.8. The van der Waals surface area contributed by atoms with Gasteiger partial charge < -0.3 is 14.2 Å². The largest absolute Gasteiger partial charge is 0.460 e. The minimum atomic E-state index is -0.701. The molecule has 2 rings (SSSR count). The summed E-state index contributed by atoms with van der Waals surface area (Å²) in [5, 5.41) is 0. The Bertz CT molecular complexity index is 861. The molecule has 0 aromatic heterocycles. The van der Waals surface area contributed by atoms with Gasteiger partial charge in [0.25, 0.3) is 0 Å². The molecule has 2 aromatic rings.